The summed E-state index contributed by atoms with van der Waals surface area (Å²) < 4.78 is 2.43. The number of nitriles is 1. The van der Waals surface area contributed by atoms with Gasteiger partial charge in [0.2, 0.25) is 5.69 Å². The number of fused-ring (bicyclic) bond motifs is 1. The second kappa shape index (κ2) is 10.1. The normalized spacial score (nSPS) is 14.5. The molecule has 0 radical (unpaired) electrons. The molecule has 6 aromatic carbocycles. The van der Waals surface area contributed by atoms with Gasteiger partial charge in [-0.15, -0.1) is 0 Å². The van der Waals surface area contributed by atoms with E-state index in [-0.39, 0.29) is 6.17 Å². The van der Waals surface area contributed by atoms with Crippen LogP contribution >= 0.6 is 0 Å². The summed E-state index contributed by atoms with van der Waals surface area (Å²) in [4.78, 5) is 0. The number of benzene rings is 6. The zero-order valence-electron chi connectivity index (χ0n) is 21.9. The van der Waals surface area contributed by atoms with Crippen LogP contribution in [0.2, 0.25) is 0 Å². The Labute approximate surface area is 233 Å². The van der Waals surface area contributed by atoms with E-state index >= 15 is 0 Å². The van der Waals surface area contributed by atoms with Crippen LogP contribution < -0.4 is 5.32 Å². The second-order valence-corrected chi connectivity index (χ2v) is 10.2. The standard InChI is InChI=1S/C37H25N3/c38-25-26-8-7-11-31(22-26)27-14-16-28(17-15-27)32-20-18-29-19-21-33(24-34(29)23-32)37-39-36(30-9-3-1-4-10-30)40(37)35-12-5-2-6-13-35/h1-24,36H/p+2. The molecule has 0 bridgehead atoms. The van der Waals surface area contributed by atoms with E-state index in [4.69, 9.17) is 0 Å². The molecule has 0 spiro atoms. The minimum Gasteiger partial charge on any atom is -0.195 e. The summed E-state index contributed by atoms with van der Waals surface area (Å²) in [5, 5.41) is 14.1. The van der Waals surface area contributed by atoms with Gasteiger partial charge in [0.15, 0.2) is 0 Å². The zero-order chi connectivity index (χ0) is 26.9. The number of amidine groups is 1. The van der Waals surface area contributed by atoms with Gasteiger partial charge in [0.05, 0.1) is 17.2 Å². The lowest BCUT2D eigenvalue weighted by molar-refractivity contribution is -0.866. The summed E-state index contributed by atoms with van der Waals surface area (Å²) in [6, 6.07) is 53.3. The van der Waals surface area contributed by atoms with Gasteiger partial charge in [-0.3, -0.25) is 0 Å². The van der Waals surface area contributed by atoms with Gasteiger partial charge in [0, 0.05) is 12.1 Å². The molecule has 0 amide bonds. The number of hydrogen-bond acceptors (Lipinski definition) is 1. The van der Waals surface area contributed by atoms with E-state index < -0.39 is 0 Å². The van der Waals surface area contributed by atoms with E-state index in [0.29, 0.717) is 5.56 Å². The van der Waals surface area contributed by atoms with Gasteiger partial charge >= 0.3 is 12.0 Å². The minimum absolute atomic E-state index is 0.216. The molecule has 188 valence electrons. The van der Waals surface area contributed by atoms with E-state index in [1.54, 1.807) is 0 Å². The van der Waals surface area contributed by atoms with E-state index in [1.807, 2.05) is 24.3 Å². The molecule has 0 fully saturated rings. The summed E-state index contributed by atoms with van der Waals surface area (Å²) in [7, 11) is 0. The van der Waals surface area contributed by atoms with Gasteiger partial charge in [-0.25, -0.2) is 0 Å². The molecule has 1 aliphatic heterocycles. The van der Waals surface area contributed by atoms with Gasteiger partial charge in [0.1, 0.15) is 5.56 Å². The highest BCUT2D eigenvalue weighted by Crippen LogP contribution is 2.30. The fraction of sp³-hybridized carbons (Fsp3) is 0.0270. The SMILES string of the molecule is N#Cc1cccc(-c2ccc(-c3ccc4ccc(C5=[N+](c6ccccc6)C(c6ccccc6)[NH2+]5)cc4c3)cc2)c1. The Morgan fingerprint density at radius 2 is 1.12 bits per heavy atom. The highest BCUT2D eigenvalue weighted by Gasteiger charge is 2.46. The molecule has 6 aromatic rings. The maximum absolute atomic E-state index is 9.24. The largest absolute Gasteiger partial charge is 0.384 e. The zero-order valence-corrected chi connectivity index (χ0v) is 21.9. The lowest BCUT2D eigenvalue weighted by atomic mass is 9.96. The van der Waals surface area contributed by atoms with Crippen molar-refractivity contribution >= 4 is 22.3 Å². The van der Waals surface area contributed by atoms with Crippen LogP contribution in [0, 0.1) is 11.3 Å². The Kier molecular flexibility index (Phi) is 6.01. The van der Waals surface area contributed by atoms with Crippen LogP contribution in [0.1, 0.15) is 22.9 Å². The van der Waals surface area contributed by atoms with Crippen LogP contribution in [-0.2, 0) is 0 Å². The maximum Gasteiger partial charge on any atom is 0.384 e. The van der Waals surface area contributed by atoms with E-state index in [2.05, 4.69) is 137 Å². The average Bonchev–Trinajstić information content (AvgIpc) is 3.01. The number of nitrogens with zero attached hydrogens (tertiary/aromatic N) is 2. The number of hydrogen-bond donors (Lipinski definition) is 1. The molecule has 1 atom stereocenters. The minimum atomic E-state index is 0.216. The van der Waals surface area contributed by atoms with Gasteiger partial charge in [-0.05, 0) is 75.5 Å². The molecule has 0 saturated heterocycles. The first-order valence-electron chi connectivity index (χ1n) is 13.5. The molecule has 3 heteroatoms. The third kappa shape index (κ3) is 4.37. The van der Waals surface area contributed by atoms with Crippen LogP contribution in [0.25, 0.3) is 33.0 Å². The molecule has 2 N–H and O–H groups in total. The molecule has 3 nitrogen and oxygen atoms in total. The Hall–Kier alpha value is -5.30. The van der Waals surface area contributed by atoms with Crippen LogP contribution in [-0.4, -0.2) is 10.4 Å². The number of nitrogens with two attached hydrogens (primary N) is 1. The molecular weight excluding hydrogens is 486 g/mol. The molecule has 0 aliphatic carbocycles. The van der Waals surface area contributed by atoms with Crippen molar-refractivity contribution in [3.05, 3.63) is 162 Å². The molecule has 0 aromatic heterocycles. The van der Waals surface area contributed by atoms with Crippen LogP contribution in [0.5, 0.6) is 0 Å². The number of rotatable bonds is 5. The Morgan fingerprint density at radius 1 is 0.525 bits per heavy atom. The highest BCUT2D eigenvalue weighted by atomic mass is 15.3. The smallest absolute Gasteiger partial charge is 0.195 e. The number of quaternary nitrogens is 1. The highest BCUT2D eigenvalue weighted by molar-refractivity contribution is 5.97. The lowest BCUT2D eigenvalue weighted by Crippen LogP contribution is -2.99. The van der Waals surface area contributed by atoms with Crippen molar-refractivity contribution in [3.63, 3.8) is 0 Å². The second-order valence-electron chi connectivity index (χ2n) is 10.2. The fourth-order valence-electron chi connectivity index (χ4n) is 5.60. The van der Waals surface area contributed by atoms with Crippen molar-refractivity contribution in [2.75, 3.05) is 0 Å². The first-order chi connectivity index (χ1) is 19.8. The van der Waals surface area contributed by atoms with Crippen LogP contribution in [0.4, 0.5) is 5.69 Å². The number of para-hydroxylation sites is 1. The van der Waals surface area contributed by atoms with Gasteiger partial charge in [0.25, 0.3) is 0 Å². The van der Waals surface area contributed by atoms with E-state index in [0.717, 1.165) is 11.1 Å². The Morgan fingerprint density at radius 3 is 1.82 bits per heavy atom. The lowest BCUT2D eigenvalue weighted by Gasteiger charge is -2.23. The first-order valence-corrected chi connectivity index (χ1v) is 13.5. The predicted octanol–water partition coefficient (Wildman–Crippen LogP) is 7.41. The predicted molar refractivity (Wildman–Crippen MR) is 161 cm³/mol. The van der Waals surface area contributed by atoms with Crippen LogP contribution in [0.15, 0.2) is 146 Å². The van der Waals surface area contributed by atoms with Gasteiger partial charge in [-0.1, -0.05) is 95.6 Å². The quantitative estimate of drug-likeness (QED) is 0.240. The fourth-order valence-corrected chi connectivity index (χ4v) is 5.60. The topological polar surface area (TPSA) is 43.4 Å². The van der Waals surface area contributed by atoms with Crippen LogP contribution in [0.3, 0.4) is 0 Å². The van der Waals surface area contributed by atoms with Gasteiger partial charge in [-0.2, -0.15) is 10.6 Å². The summed E-state index contributed by atoms with van der Waals surface area (Å²) in [5.41, 5.74) is 8.90. The average molecular weight is 514 g/mol. The van der Waals surface area contributed by atoms with Crippen molar-refractivity contribution < 1.29 is 9.89 Å². The summed E-state index contributed by atoms with van der Waals surface area (Å²) in [5.74, 6) is 1.23. The molecule has 7 rings (SSSR count). The summed E-state index contributed by atoms with van der Waals surface area (Å²) >= 11 is 0. The Balaban J connectivity index is 1.25. The summed E-state index contributed by atoms with van der Waals surface area (Å²) in [6.45, 7) is 0. The van der Waals surface area contributed by atoms with Crippen molar-refractivity contribution in [1.29, 1.82) is 5.26 Å². The monoisotopic (exact) mass is 513 g/mol. The molecule has 0 saturated carbocycles. The van der Waals surface area contributed by atoms with Crippen molar-refractivity contribution in [2.45, 2.75) is 6.17 Å². The third-order valence-corrected chi connectivity index (χ3v) is 7.71. The molecule has 1 unspecified atom stereocenters. The Bertz CT molecular complexity index is 1920. The molecule has 40 heavy (non-hydrogen) atoms. The van der Waals surface area contributed by atoms with Crippen molar-refractivity contribution in [1.82, 2.24) is 0 Å². The summed E-state index contributed by atoms with van der Waals surface area (Å²) in [6.07, 6.45) is 0.216. The molecular formula is C37H27N3+2. The molecule has 1 heterocycles. The first kappa shape index (κ1) is 23.8. The third-order valence-electron chi connectivity index (χ3n) is 7.71. The molecule has 1 aliphatic rings. The van der Waals surface area contributed by atoms with E-state index in [9.17, 15) is 5.26 Å². The van der Waals surface area contributed by atoms with E-state index in [1.165, 1.54) is 44.5 Å². The van der Waals surface area contributed by atoms with Crippen molar-refractivity contribution in [3.8, 4) is 28.3 Å². The maximum atomic E-state index is 9.24. The van der Waals surface area contributed by atoms with Gasteiger partial charge < -0.3 is 0 Å². The van der Waals surface area contributed by atoms with Crippen molar-refractivity contribution in [2.24, 2.45) is 0 Å².